The molecule has 8 bridgehead atoms. The first-order valence-electron chi connectivity index (χ1n) is 24.2. The first-order chi connectivity index (χ1) is 30.2. The summed E-state index contributed by atoms with van der Waals surface area (Å²) in [7, 11) is 6.44. The quantitative estimate of drug-likeness (QED) is 0.101. The van der Waals surface area contributed by atoms with Crippen molar-refractivity contribution in [2.24, 2.45) is 7.05 Å². The van der Waals surface area contributed by atoms with Crippen LogP contribution < -0.4 is 0 Å². The van der Waals surface area contributed by atoms with Gasteiger partial charge in [0.1, 0.15) is 0 Å². The third kappa shape index (κ3) is 11.6. The number of allylic oxidation sites excluding steroid dienone is 4. The van der Waals surface area contributed by atoms with Crippen LogP contribution in [-0.2, 0) is 29.5 Å². The Balaban J connectivity index is 1.65. The van der Waals surface area contributed by atoms with Crippen LogP contribution in [0.4, 0.5) is 0 Å². The molecule has 0 atom stereocenters. The lowest BCUT2D eigenvalue weighted by Gasteiger charge is -2.22. The molecule has 5 heterocycles. The summed E-state index contributed by atoms with van der Waals surface area (Å²) in [6, 6.07) is 8.92. The second-order valence-electron chi connectivity index (χ2n) is 17.9. The average Bonchev–Trinajstić information content (AvgIpc) is 3.92. The lowest BCUT2D eigenvalue weighted by atomic mass is 9.99. The van der Waals surface area contributed by atoms with Crippen molar-refractivity contribution in [3.8, 4) is 0 Å². The van der Waals surface area contributed by atoms with E-state index in [9.17, 15) is 9.59 Å². The van der Waals surface area contributed by atoms with Crippen molar-refractivity contribution in [3.05, 3.63) is 69.3 Å². The number of aryl methyl sites for hydroxylation is 5. The average molecular weight is 861 g/mol. The Bertz CT molecular complexity index is 2330. The summed E-state index contributed by atoms with van der Waals surface area (Å²) in [4.78, 5) is 51.0. The fraction of sp³-hybridized carbons (Fsp3) is 0.585. The van der Waals surface area contributed by atoms with E-state index in [0.717, 1.165) is 145 Å². The van der Waals surface area contributed by atoms with E-state index in [-0.39, 0.29) is 11.8 Å². The fourth-order valence-corrected chi connectivity index (χ4v) is 9.49. The lowest BCUT2D eigenvalue weighted by molar-refractivity contribution is -0.131. The van der Waals surface area contributed by atoms with Crippen molar-refractivity contribution in [3.63, 3.8) is 0 Å². The number of nitrogens with one attached hydrogen (secondary N) is 1. The minimum Gasteiger partial charge on any atom is -0.355 e. The zero-order valence-electron chi connectivity index (χ0n) is 41.5. The Morgan fingerprint density at radius 3 is 1.57 bits per heavy atom. The molecule has 0 saturated carbocycles. The predicted molar refractivity (Wildman–Crippen MR) is 267 cm³/mol. The zero-order chi connectivity index (χ0) is 46.0. The maximum atomic E-state index is 13.9. The van der Waals surface area contributed by atoms with Crippen molar-refractivity contribution >= 4 is 56.2 Å². The number of hydrogen-bond donors (Lipinski definition) is 1. The topological polar surface area (TPSA) is 93.6 Å². The molecular weight excluding hydrogens is 781 g/mol. The number of carbonyl (C=O) groups excluding carboxylic acids is 2. The van der Waals surface area contributed by atoms with Gasteiger partial charge in [0.25, 0.3) is 0 Å². The number of aromatic amines is 1. The number of H-pyrrole nitrogens is 1. The maximum absolute atomic E-state index is 13.9. The van der Waals surface area contributed by atoms with Crippen LogP contribution in [0, 0.1) is 13.8 Å². The maximum Gasteiger partial charge on any atom is 0.222 e. The molecule has 10 nitrogen and oxygen atoms in total. The van der Waals surface area contributed by atoms with Crippen LogP contribution in [0.1, 0.15) is 152 Å². The van der Waals surface area contributed by atoms with E-state index in [4.69, 9.17) is 9.97 Å². The molecule has 2 aliphatic rings. The number of carbonyl (C=O) groups is 2. The van der Waals surface area contributed by atoms with E-state index >= 15 is 0 Å². The standard InChI is InChI=1S/C53H80N8O2/c1-14-40-36(7)44-32-45-38(9)42(24-26-52(62)60(18-5)30-22-20-28-57(11)16-3)49(56-45)35-51-43(25-27-53(63)61(19-6)31-23-21-29-58(12)17-4)39(10)50(59(51)13)34-48-41(15-2)37(8)46(55-48)33-47(40)54-44/h32-35,54H,14-31H2,1-13H3. The molecule has 2 aliphatic heterocycles. The summed E-state index contributed by atoms with van der Waals surface area (Å²) in [5.41, 5.74) is 17.6. The predicted octanol–water partition coefficient (Wildman–Crippen LogP) is 10.6. The molecule has 0 unspecified atom stereocenters. The van der Waals surface area contributed by atoms with E-state index in [1.165, 1.54) is 22.3 Å². The fourth-order valence-electron chi connectivity index (χ4n) is 9.49. The van der Waals surface area contributed by atoms with Crippen LogP contribution in [0.5, 0.6) is 0 Å². The lowest BCUT2D eigenvalue weighted by Crippen LogP contribution is -2.32. The van der Waals surface area contributed by atoms with E-state index in [1.807, 2.05) is 9.80 Å². The molecule has 10 heteroatoms. The number of nitrogens with zero attached hydrogens (tertiary/aromatic N) is 7. The Morgan fingerprint density at radius 1 is 0.556 bits per heavy atom. The van der Waals surface area contributed by atoms with Crippen LogP contribution in [0.3, 0.4) is 0 Å². The number of hydrogen-bond acceptors (Lipinski definition) is 6. The first kappa shape index (κ1) is 49.5. The summed E-state index contributed by atoms with van der Waals surface area (Å²) in [6.45, 7) is 28.9. The van der Waals surface area contributed by atoms with Gasteiger partial charge in [-0.25, -0.2) is 9.97 Å². The van der Waals surface area contributed by atoms with Gasteiger partial charge in [-0.15, -0.1) is 0 Å². The molecule has 0 spiro atoms. The number of rotatable bonds is 22. The molecule has 0 aliphatic carbocycles. The van der Waals surface area contributed by atoms with Gasteiger partial charge in [0, 0.05) is 68.1 Å². The number of unbranched alkanes of at least 4 members (excludes halogenated alkanes) is 2. The van der Waals surface area contributed by atoms with Gasteiger partial charge in [-0.2, -0.15) is 0 Å². The van der Waals surface area contributed by atoms with Gasteiger partial charge in [-0.05, 0) is 202 Å². The second kappa shape index (κ2) is 22.9. The van der Waals surface area contributed by atoms with Crippen LogP contribution in [0.25, 0.3) is 44.4 Å². The molecule has 2 amide bonds. The second-order valence-corrected chi connectivity index (χ2v) is 17.9. The van der Waals surface area contributed by atoms with Crippen LogP contribution in [-0.4, -0.2) is 117 Å². The Kier molecular flexibility index (Phi) is 18.0. The van der Waals surface area contributed by atoms with Gasteiger partial charge in [0.15, 0.2) is 0 Å². The summed E-state index contributed by atoms with van der Waals surface area (Å²) in [5, 5.41) is 0. The SMILES string of the molecule is CCC1=C(C)c2cc3[nH]c(cc4nc(cc5c(CCC(=O)N(CC)CCCCN(C)CC)c(C)c(cc1n2)n5C)C(CCC(=O)N(CC)CCCCN(C)CC)=C4C)c(C)c3CC. The summed E-state index contributed by atoms with van der Waals surface area (Å²) >= 11 is 0. The van der Waals surface area contributed by atoms with Gasteiger partial charge in [0.2, 0.25) is 11.8 Å². The third-order valence-corrected chi connectivity index (χ3v) is 14.1. The molecule has 3 aromatic rings. The van der Waals surface area contributed by atoms with Gasteiger partial charge >= 0.3 is 0 Å². The number of aromatic nitrogens is 4. The molecule has 0 saturated heterocycles. The van der Waals surface area contributed by atoms with Gasteiger partial charge < -0.3 is 29.2 Å². The monoisotopic (exact) mass is 861 g/mol. The Hall–Kier alpha value is -4.54. The van der Waals surface area contributed by atoms with Crippen LogP contribution in [0.2, 0.25) is 0 Å². The number of fused-ring (bicyclic) bond motifs is 8. The molecule has 5 rings (SSSR count). The Labute approximate surface area is 379 Å². The molecular formula is C53H80N8O2. The highest BCUT2D eigenvalue weighted by Gasteiger charge is 2.24. The van der Waals surface area contributed by atoms with Crippen molar-refractivity contribution in [1.82, 2.24) is 39.1 Å². The van der Waals surface area contributed by atoms with Crippen LogP contribution >= 0.6 is 0 Å². The highest BCUT2D eigenvalue weighted by atomic mass is 16.2. The minimum absolute atomic E-state index is 0.192. The molecule has 0 fully saturated rings. The highest BCUT2D eigenvalue weighted by Crippen LogP contribution is 2.38. The largest absolute Gasteiger partial charge is 0.355 e. The minimum atomic E-state index is 0.192. The molecule has 0 radical (unpaired) electrons. The van der Waals surface area contributed by atoms with Gasteiger partial charge in [-0.3, -0.25) is 9.59 Å². The first-order valence-corrected chi connectivity index (χ1v) is 24.2. The van der Waals surface area contributed by atoms with Gasteiger partial charge in [-0.1, -0.05) is 27.7 Å². The van der Waals surface area contributed by atoms with E-state index in [1.54, 1.807) is 0 Å². The van der Waals surface area contributed by atoms with Crippen LogP contribution in [0.15, 0.2) is 24.3 Å². The summed E-state index contributed by atoms with van der Waals surface area (Å²) in [5.74, 6) is 0.390. The smallest absolute Gasteiger partial charge is 0.222 e. The van der Waals surface area contributed by atoms with E-state index in [0.29, 0.717) is 38.8 Å². The molecule has 344 valence electrons. The van der Waals surface area contributed by atoms with E-state index in [2.05, 4.69) is 134 Å². The zero-order valence-corrected chi connectivity index (χ0v) is 41.5. The normalized spacial score (nSPS) is 13.0. The molecule has 0 aromatic carbocycles. The number of amides is 2. The third-order valence-electron chi connectivity index (χ3n) is 14.1. The molecule has 1 N–H and O–H groups in total. The van der Waals surface area contributed by atoms with Crippen molar-refractivity contribution in [2.45, 2.75) is 133 Å². The summed E-state index contributed by atoms with van der Waals surface area (Å²) < 4.78 is 2.28. The van der Waals surface area contributed by atoms with E-state index < -0.39 is 0 Å². The van der Waals surface area contributed by atoms with Crippen molar-refractivity contribution in [1.29, 1.82) is 0 Å². The van der Waals surface area contributed by atoms with Crippen molar-refractivity contribution < 1.29 is 9.59 Å². The Morgan fingerprint density at radius 2 is 1.05 bits per heavy atom. The van der Waals surface area contributed by atoms with Gasteiger partial charge in [0.05, 0.1) is 22.8 Å². The highest BCUT2D eigenvalue weighted by molar-refractivity contribution is 5.96. The summed E-state index contributed by atoms with van der Waals surface area (Å²) in [6.07, 6.45) is 8.01. The van der Waals surface area contributed by atoms with Crippen molar-refractivity contribution in [2.75, 3.05) is 66.5 Å². The molecule has 63 heavy (non-hydrogen) atoms. The molecule has 3 aromatic heterocycles.